The summed E-state index contributed by atoms with van der Waals surface area (Å²) in [7, 11) is 0. The molecule has 2 rings (SSSR count). The molecule has 0 unspecified atom stereocenters. The molecule has 0 saturated heterocycles. The molecule has 2 aromatic rings. The van der Waals surface area contributed by atoms with Crippen molar-refractivity contribution >= 4 is 28.7 Å². The minimum atomic E-state index is 0.582. The van der Waals surface area contributed by atoms with Crippen molar-refractivity contribution in [1.29, 1.82) is 0 Å². The predicted molar refractivity (Wildman–Crippen MR) is 81.5 cm³/mol. The number of nitrogens with two attached hydrogens (primary N) is 1. The fourth-order valence-electron chi connectivity index (χ4n) is 1.81. The SMILES string of the molecule is CCOc1cccc(Nc2cc(C)ccc2Cl)c1N. The van der Waals surface area contributed by atoms with Crippen molar-refractivity contribution < 1.29 is 4.74 Å². The zero-order chi connectivity index (χ0) is 13.8. The van der Waals surface area contributed by atoms with Crippen LogP contribution < -0.4 is 15.8 Å². The van der Waals surface area contributed by atoms with Gasteiger partial charge in [-0.15, -0.1) is 0 Å². The minimum absolute atomic E-state index is 0.582. The van der Waals surface area contributed by atoms with Gasteiger partial charge in [0.15, 0.2) is 0 Å². The standard InChI is InChI=1S/C15H17ClN2O/c1-3-19-14-6-4-5-12(15(14)17)18-13-9-10(2)7-8-11(13)16/h4-9,18H,3,17H2,1-2H3. The molecule has 0 aromatic heterocycles. The Bertz CT molecular complexity index is 584. The van der Waals surface area contributed by atoms with Gasteiger partial charge in [-0.25, -0.2) is 0 Å². The summed E-state index contributed by atoms with van der Waals surface area (Å²) in [6, 6.07) is 11.5. The number of benzene rings is 2. The first-order chi connectivity index (χ1) is 9.11. The van der Waals surface area contributed by atoms with E-state index in [0.717, 1.165) is 16.9 Å². The summed E-state index contributed by atoms with van der Waals surface area (Å²) in [5, 5.41) is 3.90. The second kappa shape index (κ2) is 5.85. The Balaban J connectivity index is 2.33. The molecule has 4 heteroatoms. The zero-order valence-electron chi connectivity index (χ0n) is 11.0. The van der Waals surface area contributed by atoms with Gasteiger partial charge in [-0.3, -0.25) is 0 Å². The number of aryl methyl sites for hydroxylation is 1. The fraction of sp³-hybridized carbons (Fsp3) is 0.200. The van der Waals surface area contributed by atoms with Crippen molar-refractivity contribution in [1.82, 2.24) is 0 Å². The van der Waals surface area contributed by atoms with E-state index in [1.807, 2.05) is 50.2 Å². The molecule has 0 aliphatic heterocycles. The summed E-state index contributed by atoms with van der Waals surface area (Å²) in [6.07, 6.45) is 0. The summed E-state index contributed by atoms with van der Waals surface area (Å²) in [5.41, 5.74) is 9.42. The Morgan fingerprint density at radius 2 is 2.00 bits per heavy atom. The largest absolute Gasteiger partial charge is 0.492 e. The number of rotatable bonds is 4. The molecule has 0 radical (unpaired) electrons. The number of ether oxygens (including phenoxy) is 1. The Hall–Kier alpha value is -1.87. The highest BCUT2D eigenvalue weighted by atomic mass is 35.5. The van der Waals surface area contributed by atoms with Crippen LogP contribution in [0.15, 0.2) is 36.4 Å². The molecule has 0 fully saturated rings. The number of anilines is 3. The molecule has 0 amide bonds. The third kappa shape index (κ3) is 3.12. The molecule has 0 aliphatic carbocycles. The fourth-order valence-corrected chi connectivity index (χ4v) is 1.98. The summed E-state index contributed by atoms with van der Waals surface area (Å²) < 4.78 is 5.47. The van der Waals surface area contributed by atoms with Crippen LogP contribution in [0.3, 0.4) is 0 Å². The first-order valence-corrected chi connectivity index (χ1v) is 6.54. The quantitative estimate of drug-likeness (QED) is 0.815. The summed E-state index contributed by atoms with van der Waals surface area (Å²) in [6.45, 7) is 4.53. The van der Waals surface area contributed by atoms with Crippen molar-refractivity contribution in [2.75, 3.05) is 17.7 Å². The number of para-hydroxylation sites is 1. The molecular weight excluding hydrogens is 260 g/mol. The van der Waals surface area contributed by atoms with Crippen molar-refractivity contribution in [3.8, 4) is 5.75 Å². The Labute approximate surface area is 118 Å². The van der Waals surface area contributed by atoms with Gasteiger partial charge < -0.3 is 15.8 Å². The number of halogens is 1. The lowest BCUT2D eigenvalue weighted by Crippen LogP contribution is -2.01. The third-order valence-electron chi connectivity index (χ3n) is 2.76. The highest BCUT2D eigenvalue weighted by Gasteiger charge is 2.07. The van der Waals surface area contributed by atoms with E-state index < -0.39 is 0 Å². The molecular formula is C15H17ClN2O. The maximum Gasteiger partial charge on any atom is 0.144 e. The lowest BCUT2D eigenvalue weighted by atomic mass is 10.2. The van der Waals surface area contributed by atoms with Gasteiger partial charge in [0.25, 0.3) is 0 Å². The predicted octanol–water partition coefficient (Wildman–Crippen LogP) is 4.37. The molecule has 3 N–H and O–H groups in total. The van der Waals surface area contributed by atoms with E-state index in [4.69, 9.17) is 22.1 Å². The van der Waals surface area contributed by atoms with Crippen LogP contribution in [0, 0.1) is 6.92 Å². The molecule has 0 heterocycles. The Kier molecular flexibility index (Phi) is 4.17. The molecule has 0 aliphatic rings. The van der Waals surface area contributed by atoms with Gasteiger partial charge in [0.1, 0.15) is 5.75 Å². The van der Waals surface area contributed by atoms with Gasteiger partial charge in [-0.1, -0.05) is 23.7 Å². The normalized spacial score (nSPS) is 10.3. The van der Waals surface area contributed by atoms with Gasteiger partial charge in [0, 0.05) is 0 Å². The van der Waals surface area contributed by atoms with Crippen LogP contribution in [0.1, 0.15) is 12.5 Å². The van der Waals surface area contributed by atoms with Crippen molar-refractivity contribution in [2.24, 2.45) is 0 Å². The second-order valence-electron chi connectivity index (χ2n) is 4.26. The summed E-state index contributed by atoms with van der Waals surface area (Å²) >= 11 is 6.16. The van der Waals surface area contributed by atoms with E-state index in [1.165, 1.54) is 0 Å². The van der Waals surface area contributed by atoms with Gasteiger partial charge in [0.05, 0.1) is 28.7 Å². The van der Waals surface area contributed by atoms with Gasteiger partial charge in [-0.05, 0) is 43.7 Å². The maximum atomic E-state index is 6.16. The molecule has 3 nitrogen and oxygen atoms in total. The van der Waals surface area contributed by atoms with Crippen molar-refractivity contribution in [3.63, 3.8) is 0 Å². The molecule has 2 aromatic carbocycles. The van der Waals surface area contributed by atoms with Crippen LogP contribution in [0.4, 0.5) is 17.1 Å². The lowest BCUT2D eigenvalue weighted by molar-refractivity contribution is 0.342. The molecule has 100 valence electrons. The molecule has 0 bridgehead atoms. The average molecular weight is 277 g/mol. The van der Waals surface area contributed by atoms with Crippen molar-refractivity contribution in [3.05, 3.63) is 47.0 Å². The van der Waals surface area contributed by atoms with Gasteiger partial charge in [0.2, 0.25) is 0 Å². The van der Waals surface area contributed by atoms with Crippen LogP contribution >= 0.6 is 11.6 Å². The maximum absolute atomic E-state index is 6.16. The summed E-state index contributed by atoms with van der Waals surface area (Å²) in [4.78, 5) is 0. The zero-order valence-corrected chi connectivity index (χ0v) is 11.8. The Morgan fingerprint density at radius 1 is 1.21 bits per heavy atom. The topological polar surface area (TPSA) is 47.3 Å². The van der Waals surface area contributed by atoms with Crippen LogP contribution in [0.25, 0.3) is 0 Å². The van der Waals surface area contributed by atoms with E-state index in [2.05, 4.69) is 5.32 Å². The van der Waals surface area contributed by atoms with Gasteiger partial charge in [-0.2, -0.15) is 0 Å². The number of hydrogen-bond donors (Lipinski definition) is 2. The van der Waals surface area contributed by atoms with E-state index >= 15 is 0 Å². The van der Waals surface area contributed by atoms with E-state index in [1.54, 1.807) is 0 Å². The smallest absolute Gasteiger partial charge is 0.144 e. The first kappa shape index (κ1) is 13.6. The minimum Gasteiger partial charge on any atom is -0.492 e. The first-order valence-electron chi connectivity index (χ1n) is 6.16. The van der Waals surface area contributed by atoms with E-state index in [-0.39, 0.29) is 0 Å². The highest BCUT2D eigenvalue weighted by Crippen LogP contribution is 2.34. The van der Waals surface area contributed by atoms with Crippen LogP contribution in [0.2, 0.25) is 5.02 Å². The third-order valence-corrected chi connectivity index (χ3v) is 3.09. The van der Waals surface area contributed by atoms with Crippen LogP contribution in [-0.2, 0) is 0 Å². The number of nitrogens with one attached hydrogen (secondary N) is 1. The molecule has 0 saturated carbocycles. The Morgan fingerprint density at radius 3 is 2.74 bits per heavy atom. The monoisotopic (exact) mass is 276 g/mol. The van der Waals surface area contributed by atoms with E-state index in [9.17, 15) is 0 Å². The molecule has 0 atom stereocenters. The number of nitrogen functional groups attached to an aromatic ring is 1. The average Bonchev–Trinajstić information content (AvgIpc) is 2.39. The second-order valence-corrected chi connectivity index (χ2v) is 4.67. The van der Waals surface area contributed by atoms with Gasteiger partial charge >= 0.3 is 0 Å². The molecule has 0 spiro atoms. The van der Waals surface area contributed by atoms with Crippen LogP contribution in [0.5, 0.6) is 5.75 Å². The summed E-state index contributed by atoms with van der Waals surface area (Å²) in [5.74, 6) is 0.677. The highest BCUT2D eigenvalue weighted by molar-refractivity contribution is 6.33. The lowest BCUT2D eigenvalue weighted by Gasteiger charge is -2.14. The molecule has 19 heavy (non-hydrogen) atoms. The number of hydrogen-bond acceptors (Lipinski definition) is 3. The van der Waals surface area contributed by atoms with Crippen LogP contribution in [-0.4, -0.2) is 6.61 Å². The van der Waals surface area contributed by atoms with E-state index in [0.29, 0.717) is 23.1 Å². The van der Waals surface area contributed by atoms with Crippen molar-refractivity contribution in [2.45, 2.75) is 13.8 Å².